The molecule has 5 aromatic rings. The fraction of sp³-hybridized carbons (Fsp3) is 0.0833. The molecule has 0 bridgehead atoms. The van der Waals surface area contributed by atoms with Gasteiger partial charge in [-0.25, -0.2) is 0 Å². The molecule has 1 aromatic heterocycles. The van der Waals surface area contributed by atoms with Gasteiger partial charge in [0.15, 0.2) is 0 Å². The van der Waals surface area contributed by atoms with Gasteiger partial charge in [-0.2, -0.15) is 0 Å². The Morgan fingerprint density at radius 1 is 0.643 bits per heavy atom. The Morgan fingerprint density at radius 2 is 1.18 bits per heavy atom. The second-order valence-electron chi connectivity index (χ2n) is 6.75. The molecular formula is C24H18N2O2. The highest BCUT2D eigenvalue weighted by Gasteiger charge is 2.16. The van der Waals surface area contributed by atoms with Crippen LogP contribution in [-0.4, -0.2) is 17.3 Å². The topological polar surface area (TPSA) is 48.2 Å². The Labute approximate surface area is 162 Å². The molecule has 0 saturated heterocycles. The van der Waals surface area contributed by atoms with Crippen molar-refractivity contribution in [2.45, 2.75) is 6.92 Å². The third-order valence-electron chi connectivity index (χ3n) is 5.13. The number of ether oxygens (including phenoxy) is 1. The molecule has 4 heteroatoms. The van der Waals surface area contributed by atoms with Gasteiger partial charge in [0.1, 0.15) is 5.75 Å². The van der Waals surface area contributed by atoms with E-state index >= 15 is 0 Å². The molecule has 0 atom stereocenters. The van der Waals surface area contributed by atoms with Gasteiger partial charge in [0.25, 0.3) is 0 Å². The Hall–Kier alpha value is -3.66. The predicted octanol–water partition coefficient (Wildman–Crippen LogP) is 6.03. The Bertz CT molecular complexity index is 1320. The van der Waals surface area contributed by atoms with Crippen molar-refractivity contribution in [2.24, 2.45) is 0 Å². The highest BCUT2D eigenvalue weighted by Crippen LogP contribution is 2.36. The maximum Gasteiger partial charge on any atom is 0.248 e. The molecule has 136 valence electrons. The van der Waals surface area contributed by atoms with Crippen molar-refractivity contribution in [1.82, 2.24) is 10.2 Å². The lowest BCUT2D eigenvalue weighted by molar-refractivity contribution is 0.420. The van der Waals surface area contributed by atoms with Crippen molar-refractivity contribution < 1.29 is 9.15 Å². The molecule has 0 aliphatic rings. The molecule has 4 aromatic carbocycles. The van der Waals surface area contributed by atoms with Crippen LogP contribution in [0.3, 0.4) is 0 Å². The lowest BCUT2D eigenvalue weighted by Crippen LogP contribution is -1.87. The van der Waals surface area contributed by atoms with Crippen LogP contribution in [0.1, 0.15) is 5.56 Å². The Kier molecular flexibility index (Phi) is 3.83. The van der Waals surface area contributed by atoms with Crippen LogP contribution in [0.5, 0.6) is 5.75 Å². The monoisotopic (exact) mass is 366 g/mol. The number of hydrogen-bond donors (Lipinski definition) is 0. The van der Waals surface area contributed by atoms with E-state index in [0.717, 1.165) is 33.0 Å². The standard InChI is InChI=1S/C24H18N2O2/c1-15-11-12-20(17-8-4-3-7-16(15)17)23-25-26-24(28-23)21-13-14-22(27-2)19-10-6-5-9-18(19)21/h3-14H,1-2H3. The molecular weight excluding hydrogens is 348 g/mol. The fourth-order valence-corrected chi connectivity index (χ4v) is 3.71. The average molecular weight is 366 g/mol. The molecule has 0 fully saturated rings. The van der Waals surface area contributed by atoms with E-state index in [2.05, 4.69) is 35.3 Å². The SMILES string of the molecule is COc1ccc(-c2nnc(-c3ccc(C)c4ccccc34)o2)c2ccccc12. The van der Waals surface area contributed by atoms with E-state index in [-0.39, 0.29) is 0 Å². The molecule has 1 heterocycles. The van der Waals surface area contributed by atoms with Crippen molar-refractivity contribution in [3.63, 3.8) is 0 Å². The van der Waals surface area contributed by atoms with Gasteiger partial charge in [-0.1, -0.05) is 54.6 Å². The van der Waals surface area contributed by atoms with E-state index in [1.165, 1.54) is 10.9 Å². The third kappa shape index (κ3) is 2.54. The van der Waals surface area contributed by atoms with E-state index in [1.807, 2.05) is 54.6 Å². The number of aromatic nitrogens is 2. The van der Waals surface area contributed by atoms with Gasteiger partial charge in [-0.05, 0) is 46.8 Å². The second kappa shape index (κ2) is 6.50. The van der Waals surface area contributed by atoms with Crippen LogP contribution < -0.4 is 4.74 Å². The van der Waals surface area contributed by atoms with Crippen molar-refractivity contribution in [1.29, 1.82) is 0 Å². The zero-order valence-corrected chi connectivity index (χ0v) is 15.6. The van der Waals surface area contributed by atoms with Crippen LogP contribution in [0.15, 0.2) is 77.2 Å². The largest absolute Gasteiger partial charge is 0.496 e. The Morgan fingerprint density at radius 3 is 1.82 bits per heavy atom. The molecule has 4 nitrogen and oxygen atoms in total. The summed E-state index contributed by atoms with van der Waals surface area (Å²) in [5.74, 6) is 1.84. The molecule has 0 spiro atoms. The van der Waals surface area contributed by atoms with Crippen molar-refractivity contribution in [2.75, 3.05) is 7.11 Å². The first-order chi connectivity index (χ1) is 13.8. The molecule has 0 amide bonds. The Balaban J connectivity index is 1.68. The van der Waals surface area contributed by atoms with Crippen LogP contribution in [0, 0.1) is 6.92 Å². The first-order valence-electron chi connectivity index (χ1n) is 9.14. The number of methoxy groups -OCH3 is 1. The first-order valence-corrected chi connectivity index (χ1v) is 9.14. The number of hydrogen-bond acceptors (Lipinski definition) is 4. The number of nitrogens with zero attached hydrogens (tertiary/aromatic N) is 2. The molecule has 28 heavy (non-hydrogen) atoms. The number of benzene rings is 4. The minimum atomic E-state index is 0.499. The maximum atomic E-state index is 6.12. The highest BCUT2D eigenvalue weighted by atomic mass is 16.5. The maximum absolute atomic E-state index is 6.12. The molecule has 0 saturated carbocycles. The first kappa shape index (κ1) is 16.5. The summed E-state index contributed by atoms with van der Waals surface area (Å²) in [5.41, 5.74) is 3.06. The van der Waals surface area contributed by atoms with Gasteiger partial charge < -0.3 is 9.15 Å². The van der Waals surface area contributed by atoms with Crippen LogP contribution in [0.2, 0.25) is 0 Å². The minimum Gasteiger partial charge on any atom is -0.496 e. The fourth-order valence-electron chi connectivity index (χ4n) is 3.71. The zero-order valence-electron chi connectivity index (χ0n) is 15.6. The normalized spacial score (nSPS) is 11.2. The molecule has 0 unspecified atom stereocenters. The van der Waals surface area contributed by atoms with Gasteiger partial charge in [0.2, 0.25) is 11.8 Å². The summed E-state index contributed by atoms with van der Waals surface area (Å²) in [4.78, 5) is 0. The van der Waals surface area contributed by atoms with Gasteiger partial charge in [0, 0.05) is 16.5 Å². The molecule has 0 aliphatic carbocycles. The third-order valence-corrected chi connectivity index (χ3v) is 5.13. The van der Waals surface area contributed by atoms with Crippen LogP contribution >= 0.6 is 0 Å². The van der Waals surface area contributed by atoms with E-state index in [0.29, 0.717) is 11.8 Å². The summed E-state index contributed by atoms with van der Waals surface area (Å²) in [6.07, 6.45) is 0. The minimum absolute atomic E-state index is 0.499. The van der Waals surface area contributed by atoms with Gasteiger partial charge >= 0.3 is 0 Å². The van der Waals surface area contributed by atoms with E-state index in [4.69, 9.17) is 9.15 Å². The van der Waals surface area contributed by atoms with Crippen molar-refractivity contribution in [3.05, 3.63) is 78.4 Å². The van der Waals surface area contributed by atoms with Gasteiger partial charge in [0.05, 0.1) is 7.11 Å². The summed E-state index contributed by atoms with van der Waals surface area (Å²) in [5, 5.41) is 13.0. The van der Waals surface area contributed by atoms with E-state index in [9.17, 15) is 0 Å². The molecule has 0 N–H and O–H groups in total. The summed E-state index contributed by atoms with van der Waals surface area (Å²) in [6, 6.07) is 24.4. The van der Waals surface area contributed by atoms with Crippen molar-refractivity contribution >= 4 is 21.5 Å². The number of rotatable bonds is 3. The van der Waals surface area contributed by atoms with Crippen molar-refractivity contribution in [3.8, 4) is 28.7 Å². The number of fused-ring (bicyclic) bond motifs is 2. The van der Waals surface area contributed by atoms with E-state index in [1.54, 1.807) is 7.11 Å². The van der Waals surface area contributed by atoms with Gasteiger partial charge in [-0.15, -0.1) is 10.2 Å². The zero-order chi connectivity index (χ0) is 19.1. The summed E-state index contributed by atoms with van der Waals surface area (Å²) in [7, 11) is 1.68. The molecule has 0 radical (unpaired) electrons. The summed E-state index contributed by atoms with van der Waals surface area (Å²) < 4.78 is 11.6. The highest BCUT2D eigenvalue weighted by molar-refractivity contribution is 5.99. The smallest absolute Gasteiger partial charge is 0.248 e. The van der Waals surface area contributed by atoms with Crippen LogP contribution in [0.4, 0.5) is 0 Å². The summed E-state index contributed by atoms with van der Waals surface area (Å²) in [6.45, 7) is 2.11. The van der Waals surface area contributed by atoms with Crippen LogP contribution in [0.25, 0.3) is 44.5 Å². The average Bonchev–Trinajstić information content (AvgIpc) is 3.23. The molecule has 5 rings (SSSR count). The number of aryl methyl sites for hydroxylation is 1. The predicted molar refractivity (Wildman–Crippen MR) is 111 cm³/mol. The quantitative estimate of drug-likeness (QED) is 0.391. The van der Waals surface area contributed by atoms with E-state index < -0.39 is 0 Å². The van der Waals surface area contributed by atoms with Crippen LogP contribution in [-0.2, 0) is 0 Å². The lowest BCUT2D eigenvalue weighted by Gasteiger charge is -2.08. The lowest BCUT2D eigenvalue weighted by atomic mass is 10.0. The summed E-state index contributed by atoms with van der Waals surface area (Å²) >= 11 is 0. The van der Waals surface area contributed by atoms with Gasteiger partial charge in [-0.3, -0.25) is 0 Å². The second-order valence-corrected chi connectivity index (χ2v) is 6.75. The molecule has 0 aliphatic heterocycles.